The van der Waals surface area contributed by atoms with Crippen LogP contribution in [0.5, 0.6) is 5.75 Å². The molecule has 1 aromatic heterocycles. The van der Waals surface area contributed by atoms with Crippen LogP contribution in [0.4, 0.5) is 5.69 Å². The van der Waals surface area contributed by atoms with Gasteiger partial charge in [-0.25, -0.2) is 4.90 Å². The number of anilines is 1. The van der Waals surface area contributed by atoms with Gasteiger partial charge in [0.2, 0.25) is 11.1 Å². The summed E-state index contributed by atoms with van der Waals surface area (Å²) in [5, 5.41) is 5.23. The monoisotopic (exact) mass is 501 g/mol. The van der Waals surface area contributed by atoms with Crippen LogP contribution in [0.2, 0.25) is 0 Å². The molecule has 1 N–H and O–H groups in total. The molecule has 1 unspecified atom stereocenters. The number of rotatable bonds is 5. The van der Waals surface area contributed by atoms with Crippen molar-refractivity contribution in [1.29, 1.82) is 0 Å². The average molecular weight is 502 g/mol. The molecule has 1 aliphatic rings. The van der Waals surface area contributed by atoms with E-state index in [0.717, 1.165) is 21.5 Å². The summed E-state index contributed by atoms with van der Waals surface area (Å²) in [6.07, 6.45) is -0.602. The number of nitrogens with one attached hydrogen (secondary N) is 1. The molecule has 0 spiro atoms. The third-order valence-corrected chi connectivity index (χ3v) is 6.16. The Labute approximate surface area is 192 Å². The molecule has 4 rings (SSSR count). The van der Waals surface area contributed by atoms with Crippen molar-refractivity contribution in [3.05, 3.63) is 62.9 Å². The largest absolute Gasteiger partial charge is 0.494 e. The number of hydrogen-bond acceptors (Lipinski definition) is 5. The highest BCUT2D eigenvalue weighted by molar-refractivity contribution is 9.10. The summed E-state index contributed by atoms with van der Waals surface area (Å²) in [6.45, 7) is 6.01. The maximum Gasteiger partial charge on any atom is 0.325 e. The minimum absolute atomic E-state index is 0.146. The van der Waals surface area contributed by atoms with Crippen LogP contribution in [0.25, 0.3) is 11.3 Å². The second-order valence-corrected chi connectivity index (χ2v) is 9.08. The molecule has 0 fully saturated rings. The Morgan fingerprint density at radius 2 is 2.00 bits per heavy atom. The van der Waals surface area contributed by atoms with E-state index in [1.165, 1.54) is 18.7 Å². The summed E-state index contributed by atoms with van der Waals surface area (Å²) in [5.74, 6) is 1.36. The Balaban J connectivity index is 2.00. The number of benzene rings is 2. The van der Waals surface area contributed by atoms with E-state index in [1.54, 1.807) is 9.58 Å². The third-order valence-electron chi connectivity index (χ3n) is 4.92. The van der Waals surface area contributed by atoms with Crippen molar-refractivity contribution in [3.8, 4) is 17.0 Å². The van der Waals surface area contributed by atoms with Crippen LogP contribution in [0.15, 0.2) is 56.9 Å². The Hall–Kier alpha value is -2.65. The Morgan fingerprint density at radius 3 is 2.65 bits per heavy atom. The molecule has 2 heterocycles. The first-order valence-electron chi connectivity index (χ1n) is 9.96. The van der Waals surface area contributed by atoms with Crippen LogP contribution >= 0.6 is 27.7 Å². The summed E-state index contributed by atoms with van der Waals surface area (Å²) in [7, 11) is 0. The molecule has 0 saturated carbocycles. The molecule has 31 heavy (non-hydrogen) atoms. The summed E-state index contributed by atoms with van der Waals surface area (Å²) in [6, 6.07) is 13.1. The lowest BCUT2D eigenvalue weighted by Crippen LogP contribution is -2.60. The van der Waals surface area contributed by atoms with Gasteiger partial charge < -0.3 is 4.74 Å². The number of carbonyl (C=O) groups excluding carboxylic acids is 1. The van der Waals surface area contributed by atoms with E-state index < -0.39 is 6.17 Å². The van der Waals surface area contributed by atoms with Crippen LogP contribution in [-0.4, -0.2) is 28.3 Å². The van der Waals surface area contributed by atoms with Gasteiger partial charge in [-0.1, -0.05) is 34.6 Å². The fourth-order valence-electron chi connectivity index (χ4n) is 3.74. The maximum absolute atomic E-state index is 13.2. The highest BCUT2D eigenvalue weighted by atomic mass is 79.9. The molecular weight excluding hydrogens is 480 g/mol. The van der Waals surface area contributed by atoms with Gasteiger partial charge in [0.25, 0.3) is 6.17 Å². The third kappa shape index (κ3) is 3.99. The van der Waals surface area contributed by atoms with Crippen LogP contribution in [0.1, 0.15) is 32.5 Å². The van der Waals surface area contributed by atoms with E-state index in [0.29, 0.717) is 28.7 Å². The molecule has 0 radical (unpaired) electrons. The smallest absolute Gasteiger partial charge is 0.325 e. The molecule has 9 heteroatoms. The number of carbonyl (C=O) groups is 1. The minimum atomic E-state index is -0.602. The fraction of sp³-hybridized carbons (Fsp3) is 0.273. The zero-order chi connectivity index (χ0) is 22.1. The average Bonchev–Trinajstić information content (AvgIpc) is 2.73. The van der Waals surface area contributed by atoms with Crippen molar-refractivity contribution in [3.63, 3.8) is 0 Å². The topological polar surface area (TPSA) is 79.2 Å². The van der Waals surface area contributed by atoms with Crippen LogP contribution < -0.4 is 19.9 Å². The first-order chi connectivity index (χ1) is 14.9. The standard InChI is InChI=1S/C22H21BrN4O3S/c1-4-30-16-9-6-14(7-10-16)21-26(13(3)28)18-11-8-15(23)12-17(18)19-20(29)24-22(31-5-2)25-27(19)21/h6-12,21H,4-5H2,1-3H3/p+1. The Bertz CT molecular complexity index is 1200. The molecule has 3 aromatic rings. The molecule has 160 valence electrons. The molecule has 1 aliphatic heterocycles. The molecule has 1 atom stereocenters. The van der Waals surface area contributed by atoms with Gasteiger partial charge in [0, 0.05) is 22.1 Å². The molecule has 0 bridgehead atoms. The Morgan fingerprint density at radius 1 is 1.26 bits per heavy atom. The summed E-state index contributed by atoms with van der Waals surface area (Å²) < 4.78 is 8.03. The van der Waals surface area contributed by atoms with Crippen molar-refractivity contribution >= 4 is 39.3 Å². The number of nitrogens with zero attached hydrogens (tertiary/aromatic N) is 3. The first-order valence-corrected chi connectivity index (χ1v) is 11.7. The number of aromatic nitrogens is 3. The van der Waals surface area contributed by atoms with Gasteiger partial charge in [-0.05, 0) is 59.8 Å². The van der Waals surface area contributed by atoms with Gasteiger partial charge in [-0.2, -0.15) is 0 Å². The van der Waals surface area contributed by atoms with Gasteiger partial charge in [0.15, 0.2) is 0 Å². The second kappa shape index (κ2) is 8.84. The highest BCUT2D eigenvalue weighted by Gasteiger charge is 2.45. The minimum Gasteiger partial charge on any atom is -0.494 e. The molecule has 0 aliphatic carbocycles. The number of H-pyrrole nitrogens is 1. The predicted octanol–water partition coefficient (Wildman–Crippen LogP) is 3.91. The quantitative estimate of drug-likeness (QED) is 0.423. The molecule has 0 saturated heterocycles. The van der Waals surface area contributed by atoms with E-state index >= 15 is 0 Å². The SMILES string of the molecule is CCOc1ccc(C2N(C(C)=O)c3ccc(Br)cc3-c3c(=O)[nH]c(SCC)n[n+]32)cc1. The van der Waals surface area contributed by atoms with E-state index in [1.807, 2.05) is 56.3 Å². The van der Waals surface area contributed by atoms with Crippen molar-refractivity contribution < 1.29 is 14.2 Å². The van der Waals surface area contributed by atoms with Crippen molar-refractivity contribution in [2.75, 3.05) is 17.3 Å². The second-order valence-electron chi connectivity index (χ2n) is 6.91. The van der Waals surface area contributed by atoms with Gasteiger partial charge >= 0.3 is 11.3 Å². The lowest BCUT2D eigenvalue weighted by Gasteiger charge is -2.31. The summed E-state index contributed by atoms with van der Waals surface area (Å²) in [5.41, 5.74) is 2.30. The van der Waals surface area contributed by atoms with Crippen LogP contribution in [-0.2, 0) is 4.79 Å². The van der Waals surface area contributed by atoms with Crippen molar-refractivity contribution in [1.82, 2.24) is 10.1 Å². The van der Waals surface area contributed by atoms with Gasteiger partial charge in [0.1, 0.15) is 5.75 Å². The number of amides is 1. The highest BCUT2D eigenvalue weighted by Crippen LogP contribution is 2.39. The van der Waals surface area contributed by atoms with E-state index in [2.05, 4.69) is 20.9 Å². The number of hydrogen-bond donors (Lipinski definition) is 1. The summed E-state index contributed by atoms with van der Waals surface area (Å²) >= 11 is 4.92. The normalized spacial score (nSPS) is 14.7. The predicted molar refractivity (Wildman–Crippen MR) is 123 cm³/mol. The summed E-state index contributed by atoms with van der Waals surface area (Å²) in [4.78, 5) is 30.6. The van der Waals surface area contributed by atoms with E-state index in [9.17, 15) is 9.59 Å². The molecular formula is C22H22BrN4O3S+. The van der Waals surface area contributed by atoms with Gasteiger partial charge in [0.05, 0.1) is 17.9 Å². The lowest BCUT2D eigenvalue weighted by molar-refractivity contribution is -0.763. The Kier molecular flexibility index (Phi) is 6.15. The number of aromatic amines is 1. The first kappa shape index (κ1) is 21.6. The van der Waals surface area contributed by atoms with Crippen LogP contribution in [0, 0.1) is 0 Å². The number of fused-ring (bicyclic) bond motifs is 3. The van der Waals surface area contributed by atoms with E-state index in [-0.39, 0.29) is 11.5 Å². The lowest BCUT2D eigenvalue weighted by atomic mass is 10.0. The number of halogens is 1. The van der Waals surface area contributed by atoms with Crippen LogP contribution in [0.3, 0.4) is 0 Å². The van der Waals surface area contributed by atoms with Crippen molar-refractivity contribution in [2.45, 2.75) is 32.1 Å². The molecule has 7 nitrogen and oxygen atoms in total. The van der Waals surface area contributed by atoms with Crippen molar-refractivity contribution in [2.24, 2.45) is 0 Å². The number of thioether (sulfide) groups is 1. The maximum atomic E-state index is 13.2. The molecule has 1 amide bonds. The zero-order valence-corrected chi connectivity index (χ0v) is 19.8. The van der Waals surface area contributed by atoms with Gasteiger partial charge in [-0.15, -0.1) is 0 Å². The fourth-order valence-corrected chi connectivity index (χ4v) is 4.69. The zero-order valence-electron chi connectivity index (χ0n) is 17.4. The van der Waals surface area contributed by atoms with Gasteiger partial charge in [-0.3, -0.25) is 14.6 Å². The van der Waals surface area contributed by atoms with E-state index in [4.69, 9.17) is 9.84 Å². The molecule has 2 aromatic carbocycles. The number of ether oxygens (including phenoxy) is 1.